The van der Waals surface area contributed by atoms with Crippen molar-refractivity contribution in [2.45, 2.75) is 0 Å². The van der Waals surface area contributed by atoms with E-state index in [9.17, 15) is 0 Å². The van der Waals surface area contributed by atoms with E-state index >= 15 is 0 Å². The topological polar surface area (TPSA) is 18.5 Å². The fourth-order valence-electron chi connectivity index (χ4n) is 2.33. The maximum atomic E-state index is 6.00. The van der Waals surface area contributed by atoms with Gasteiger partial charge in [-0.25, -0.2) is 0 Å². The summed E-state index contributed by atoms with van der Waals surface area (Å²) in [5.74, 6) is 2.86. The van der Waals surface area contributed by atoms with Crippen molar-refractivity contribution in [2.75, 3.05) is 0 Å². The van der Waals surface area contributed by atoms with Crippen molar-refractivity contribution in [3.05, 3.63) is 57.5 Å². The zero-order valence-corrected chi connectivity index (χ0v) is 13.4. The maximum absolute atomic E-state index is 6.00. The Morgan fingerprint density at radius 1 is 0.600 bits per heavy atom. The zero-order chi connectivity index (χ0) is 13.7. The van der Waals surface area contributed by atoms with E-state index in [0.717, 1.165) is 31.2 Å². The Balaban J connectivity index is 2.04. The van der Waals surface area contributed by atoms with Crippen molar-refractivity contribution in [2.24, 2.45) is 0 Å². The van der Waals surface area contributed by atoms with E-state index in [-0.39, 0.29) is 0 Å². The van der Waals surface area contributed by atoms with Crippen LogP contribution in [0.25, 0.3) is 10.8 Å². The van der Waals surface area contributed by atoms with Crippen LogP contribution in [0.4, 0.5) is 0 Å². The Kier molecular flexibility index (Phi) is 2.75. The molecule has 1 aliphatic rings. The maximum Gasteiger partial charge on any atom is 0.186 e. The zero-order valence-electron chi connectivity index (χ0n) is 10.2. The lowest BCUT2D eigenvalue weighted by molar-refractivity contribution is 0.357. The van der Waals surface area contributed by atoms with E-state index in [1.807, 2.05) is 48.5 Å². The van der Waals surface area contributed by atoms with Gasteiger partial charge >= 0.3 is 0 Å². The minimum Gasteiger partial charge on any atom is -0.448 e. The van der Waals surface area contributed by atoms with E-state index in [0.29, 0.717) is 11.5 Å². The number of halogens is 2. The predicted octanol–water partition coefficient (Wildman–Crippen LogP) is 6.26. The molecule has 1 aliphatic heterocycles. The first kappa shape index (κ1) is 12.2. The van der Waals surface area contributed by atoms with Crippen molar-refractivity contribution in [1.29, 1.82) is 0 Å². The molecule has 0 unspecified atom stereocenters. The van der Waals surface area contributed by atoms with Gasteiger partial charge in [0.2, 0.25) is 0 Å². The van der Waals surface area contributed by atoms with Gasteiger partial charge in [-0.1, -0.05) is 36.4 Å². The lowest BCUT2D eigenvalue weighted by atomic mass is 10.1. The summed E-state index contributed by atoms with van der Waals surface area (Å²) < 4.78 is 13.8. The van der Waals surface area contributed by atoms with Crippen LogP contribution >= 0.6 is 31.9 Å². The van der Waals surface area contributed by atoms with Crippen LogP contribution in [-0.2, 0) is 0 Å². The SMILES string of the molecule is Brc1c2c(c(Br)c3ccccc13)Oc1ccccc1O2. The summed E-state index contributed by atoms with van der Waals surface area (Å²) in [6.07, 6.45) is 0. The normalized spacial score (nSPS) is 12.3. The highest BCUT2D eigenvalue weighted by Gasteiger charge is 2.25. The van der Waals surface area contributed by atoms with E-state index in [1.54, 1.807) is 0 Å². The third kappa shape index (κ3) is 1.68. The molecule has 3 aromatic carbocycles. The quantitative estimate of drug-likeness (QED) is 0.352. The van der Waals surface area contributed by atoms with E-state index < -0.39 is 0 Å². The molecule has 4 heteroatoms. The second-order valence-corrected chi connectivity index (χ2v) is 6.07. The standard InChI is InChI=1S/C16H8Br2O2/c17-13-9-5-1-2-6-10(9)14(18)16-15(13)19-11-7-3-4-8-12(11)20-16/h1-8H. The van der Waals surface area contributed by atoms with Gasteiger partial charge in [0.1, 0.15) is 0 Å². The van der Waals surface area contributed by atoms with Crippen molar-refractivity contribution < 1.29 is 9.47 Å². The van der Waals surface area contributed by atoms with E-state index in [2.05, 4.69) is 31.9 Å². The van der Waals surface area contributed by atoms with Gasteiger partial charge in [0.25, 0.3) is 0 Å². The van der Waals surface area contributed by atoms with Crippen molar-refractivity contribution in [3.63, 3.8) is 0 Å². The van der Waals surface area contributed by atoms with Gasteiger partial charge in [-0.15, -0.1) is 0 Å². The molecular formula is C16H8Br2O2. The highest BCUT2D eigenvalue weighted by molar-refractivity contribution is 9.11. The van der Waals surface area contributed by atoms with Gasteiger partial charge in [-0.05, 0) is 44.0 Å². The molecule has 98 valence electrons. The Bertz CT molecular complexity index is 774. The third-order valence-electron chi connectivity index (χ3n) is 3.28. The van der Waals surface area contributed by atoms with Crippen LogP contribution in [-0.4, -0.2) is 0 Å². The average Bonchev–Trinajstić information content (AvgIpc) is 2.51. The number of hydrogen-bond donors (Lipinski definition) is 0. The second-order valence-electron chi connectivity index (χ2n) is 4.48. The van der Waals surface area contributed by atoms with Crippen LogP contribution < -0.4 is 9.47 Å². The number of fused-ring (bicyclic) bond motifs is 3. The van der Waals surface area contributed by atoms with Crippen molar-refractivity contribution in [3.8, 4) is 23.0 Å². The first-order valence-corrected chi connectivity index (χ1v) is 7.69. The van der Waals surface area contributed by atoms with Gasteiger partial charge in [-0.3, -0.25) is 0 Å². The van der Waals surface area contributed by atoms with Crippen LogP contribution in [0.3, 0.4) is 0 Å². The summed E-state index contributed by atoms with van der Waals surface area (Å²) in [4.78, 5) is 0. The Hall–Kier alpha value is -1.52. The van der Waals surface area contributed by atoms with Crippen LogP contribution in [0, 0.1) is 0 Å². The molecule has 0 atom stereocenters. The third-order valence-corrected chi connectivity index (χ3v) is 4.85. The number of hydrogen-bond acceptors (Lipinski definition) is 2. The molecule has 3 aromatic rings. The number of para-hydroxylation sites is 2. The Morgan fingerprint density at radius 3 is 1.45 bits per heavy atom. The van der Waals surface area contributed by atoms with Gasteiger partial charge < -0.3 is 9.47 Å². The van der Waals surface area contributed by atoms with E-state index in [4.69, 9.17) is 9.47 Å². The molecule has 0 saturated heterocycles. The Labute approximate surface area is 132 Å². The lowest BCUT2D eigenvalue weighted by Gasteiger charge is -2.23. The molecule has 0 aromatic heterocycles. The molecule has 1 heterocycles. The highest BCUT2D eigenvalue weighted by Crippen LogP contribution is 2.54. The minimum absolute atomic E-state index is 0.703. The lowest BCUT2D eigenvalue weighted by Crippen LogP contribution is -2.00. The van der Waals surface area contributed by atoms with Gasteiger partial charge in [0.05, 0.1) is 8.95 Å². The summed E-state index contributed by atoms with van der Waals surface area (Å²) in [7, 11) is 0. The largest absolute Gasteiger partial charge is 0.448 e. The van der Waals surface area contributed by atoms with Crippen molar-refractivity contribution >= 4 is 42.6 Å². The first-order chi connectivity index (χ1) is 9.75. The molecule has 0 spiro atoms. The average molecular weight is 392 g/mol. The summed E-state index contributed by atoms with van der Waals surface area (Å²) in [6.45, 7) is 0. The molecule has 4 rings (SSSR count). The van der Waals surface area contributed by atoms with Crippen LogP contribution in [0.5, 0.6) is 23.0 Å². The predicted molar refractivity (Wildman–Crippen MR) is 85.9 cm³/mol. The molecule has 0 fully saturated rings. The minimum atomic E-state index is 0.703. The molecule has 2 nitrogen and oxygen atoms in total. The Morgan fingerprint density at radius 2 is 1.00 bits per heavy atom. The molecule has 20 heavy (non-hydrogen) atoms. The number of benzene rings is 3. The van der Waals surface area contributed by atoms with Gasteiger partial charge in [0, 0.05) is 10.8 Å². The van der Waals surface area contributed by atoms with Crippen LogP contribution in [0.1, 0.15) is 0 Å². The van der Waals surface area contributed by atoms with Crippen LogP contribution in [0.15, 0.2) is 57.5 Å². The number of ether oxygens (including phenoxy) is 2. The second kappa shape index (κ2) is 4.50. The molecule has 0 radical (unpaired) electrons. The molecule has 0 N–H and O–H groups in total. The fourth-order valence-corrected chi connectivity index (χ4v) is 3.54. The molecular weight excluding hydrogens is 384 g/mol. The molecule has 0 saturated carbocycles. The van der Waals surface area contributed by atoms with E-state index in [1.165, 1.54) is 0 Å². The van der Waals surface area contributed by atoms with Gasteiger partial charge in [-0.2, -0.15) is 0 Å². The summed E-state index contributed by atoms with van der Waals surface area (Å²) in [5, 5.41) is 2.17. The highest BCUT2D eigenvalue weighted by atomic mass is 79.9. The molecule has 0 amide bonds. The fraction of sp³-hybridized carbons (Fsp3) is 0. The summed E-state index contributed by atoms with van der Waals surface area (Å²) in [5.41, 5.74) is 0. The molecule has 0 bridgehead atoms. The van der Waals surface area contributed by atoms with Crippen LogP contribution in [0.2, 0.25) is 0 Å². The first-order valence-electron chi connectivity index (χ1n) is 6.10. The summed E-state index contributed by atoms with van der Waals surface area (Å²) in [6, 6.07) is 15.8. The molecule has 0 aliphatic carbocycles. The smallest absolute Gasteiger partial charge is 0.186 e. The van der Waals surface area contributed by atoms with Crippen molar-refractivity contribution in [1.82, 2.24) is 0 Å². The number of rotatable bonds is 0. The van der Waals surface area contributed by atoms with Gasteiger partial charge in [0.15, 0.2) is 23.0 Å². The monoisotopic (exact) mass is 390 g/mol. The summed E-state index contributed by atoms with van der Waals surface area (Å²) >= 11 is 7.26.